The van der Waals surface area contributed by atoms with E-state index in [-0.39, 0.29) is 5.82 Å². The Morgan fingerprint density at radius 3 is 1.27 bits per heavy atom. The summed E-state index contributed by atoms with van der Waals surface area (Å²) in [4.78, 5) is 0. The first-order valence-corrected chi connectivity index (χ1v) is 4.30. The number of halogens is 3. The van der Waals surface area contributed by atoms with E-state index >= 15 is 0 Å². The van der Waals surface area contributed by atoms with E-state index in [1.807, 2.05) is 0 Å². The van der Waals surface area contributed by atoms with Gasteiger partial charge in [-0.05, 0) is 24.3 Å². The van der Waals surface area contributed by atoms with E-state index in [0.717, 1.165) is 6.07 Å². The molecule has 0 unspecified atom stereocenters. The van der Waals surface area contributed by atoms with Gasteiger partial charge in [-0.1, -0.05) is 24.3 Å². The number of benzene rings is 2. The molecule has 0 fully saturated rings. The van der Waals surface area contributed by atoms with Crippen LogP contribution in [0.3, 0.4) is 0 Å². The number of hydrogen-bond acceptors (Lipinski definition) is 0. The highest BCUT2D eigenvalue weighted by Gasteiger charge is 1.88. The summed E-state index contributed by atoms with van der Waals surface area (Å²) in [6.07, 6.45) is 0. The second-order valence-electron chi connectivity index (χ2n) is 2.74. The summed E-state index contributed by atoms with van der Waals surface area (Å²) >= 11 is 0. The number of hydrogen-bond donors (Lipinski definition) is 0. The molecular weight excluding hydrogens is 201 g/mol. The summed E-state index contributed by atoms with van der Waals surface area (Å²) in [7, 11) is 0. The van der Waals surface area contributed by atoms with Crippen molar-refractivity contribution < 1.29 is 13.2 Å². The van der Waals surface area contributed by atoms with Crippen LogP contribution >= 0.6 is 0 Å². The molecule has 0 aliphatic rings. The van der Waals surface area contributed by atoms with Crippen LogP contribution in [0.5, 0.6) is 0 Å². The molecule has 0 heterocycles. The van der Waals surface area contributed by atoms with Gasteiger partial charge in [-0.25, -0.2) is 13.2 Å². The Labute approximate surface area is 86.0 Å². The third-order valence-corrected chi connectivity index (χ3v) is 1.52. The van der Waals surface area contributed by atoms with E-state index in [0.29, 0.717) is 0 Å². The third kappa shape index (κ3) is 4.86. The van der Waals surface area contributed by atoms with Crippen LogP contribution in [0, 0.1) is 17.5 Å². The van der Waals surface area contributed by atoms with Crippen molar-refractivity contribution in [2.45, 2.75) is 0 Å². The zero-order valence-corrected chi connectivity index (χ0v) is 7.83. The highest BCUT2D eigenvalue weighted by Crippen LogP contribution is 1.99. The normalized spacial score (nSPS) is 9.00. The van der Waals surface area contributed by atoms with Crippen LogP contribution in [0.15, 0.2) is 54.6 Å². The second-order valence-corrected chi connectivity index (χ2v) is 2.74. The van der Waals surface area contributed by atoms with E-state index in [2.05, 4.69) is 0 Å². The van der Waals surface area contributed by atoms with Gasteiger partial charge >= 0.3 is 0 Å². The van der Waals surface area contributed by atoms with Gasteiger partial charge in [0.05, 0.1) is 0 Å². The van der Waals surface area contributed by atoms with Crippen LogP contribution in [0.1, 0.15) is 0 Å². The molecule has 0 nitrogen and oxygen atoms in total. The van der Waals surface area contributed by atoms with Gasteiger partial charge in [-0.15, -0.1) is 0 Å². The lowest BCUT2D eigenvalue weighted by Crippen LogP contribution is -1.73. The Morgan fingerprint density at radius 1 is 0.533 bits per heavy atom. The molecule has 0 aromatic heterocycles. The Hall–Kier alpha value is -1.77. The maximum atomic E-state index is 11.9. The minimum absolute atomic E-state index is 0.178. The molecule has 0 bridgehead atoms. The topological polar surface area (TPSA) is 0 Å². The van der Waals surface area contributed by atoms with E-state index in [4.69, 9.17) is 0 Å². The van der Waals surface area contributed by atoms with E-state index < -0.39 is 11.6 Å². The maximum absolute atomic E-state index is 11.9. The highest BCUT2D eigenvalue weighted by atomic mass is 19.1. The fourth-order valence-electron chi connectivity index (χ4n) is 0.875. The van der Waals surface area contributed by atoms with Crippen molar-refractivity contribution >= 4 is 0 Å². The first-order chi connectivity index (χ1) is 7.18. The summed E-state index contributed by atoms with van der Waals surface area (Å²) in [6, 6.07) is 12.5. The van der Waals surface area contributed by atoms with Crippen LogP contribution in [0.4, 0.5) is 13.2 Å². The molecule has 2 rings (SSSR count). The molecular formula is C12H9F3. The fraction of sp³-hybridized carbons (Fsp3) is 0. The van der Waals surface area contributed by atoms with E-state index in [9.17, 15) is 13.2 Å². The Kier molecular flexibility index (Phi) is 4.41. The van der Waals surface area contributed by atoms with Gasteiger partial charge in [0, 0.05) is 6.07 Å². The second kappa shape index (κ2) is 5.86. The van der Waals surface area contributed by atoms with Crippen molar-refractivity contribution in [3.63, 3.8) is 0 Å². The predicted octanol–water partition coefficient (Wildman–Crippen LogP) is 3.79. The van der Waals surface area contributed by atoms with Crippen LogP contribution in [-0.2, 0) is 0 Å². The van der Waals surface area contributed by atoms with E-state index in [1.54, 1.807) is 18.2 Å². The molecule has 0 atom stereocenters. The maximum Gasteiger partial charge on any atom is 0.126 e. The minimum Gasteiger partial charge on any atom is -0.207 e. The summed E-state index contributed by atoms with van der Waals surface area (Å²) < 4.78 is 35.8. The Bertz CT molecular complexity index is 381. The Morgan fingerprint density at radius 2 is 1.00 bits per heavy atom. The number of rotatable bonds is 0. The highest BCUT2D eigenvalue weighted by molar-refractivity contribution is 5.05. The van der Waals surface area contributed by atoms with Crippen molar-refractivity contribution in [1.82, 2.24) is 0 Å². The average Bonchev–Trinajstić information content (AvgIpc) is 2.19. The summed E-state index contributed by atoms with van der Waals surface area (Å²) in [5.41, 5.74) is 0. The molecule has 0 aliphatic heterocycles. The monoisotopic (exact) mass is 210 g/mol. The third-order valence-electron chi connectivity index (χ3n) is 1.52. The predicted molar refractivity (Wildman–Crippen MR) is 52.8 cm³/mol. The van der Waals surface area contributed by atoms with Crippen LogP contribution in [0.25, 0.3) is 0 Å². The van der Waals surface area contributed by atoms with Crippen LogP contribution < -0.4 is 0 Å². The molecule has 3 heteroatoms. The van der Waals surface area contributed by atoms with Crippen molar-refractivity contribution in [2.24, 2.45) is 0 Å². The molecule has 0 amide bonds. The van der Waals surface area contributed by atoms with Crippen LogP contribution in [-0.4, -0.2) is 0 Å². The molecule has 0 saturated carbocycles. The molecule has 0 spiro atoms. The van der Waals surface area contributed by atoms with Gasteiger partial charge in [0.15, 0.2) is 0 Å². The SMILES string of the molecule is Fc1cccc(F)c1.Fc1ccccc1. The standard InChI is InChI=1S/C6H4F2.C6H5F/c7-5-2-1-3-6(8)4-5;7-6-4-2-1-3-5-6/h1-4H;1-5H. The van der Waals surface area contributed by atoms with Gasteiger partial charge in [0.25, 0.3) is 0 Å². The minimum atomic E-state index is -0.537. The first-order valence-electron chi connectivity index (χ1n) is 4.30. The molecule has 2 aromatic rings. The van der Waals surface area contributed by atoms with E-state index in [1.165, 1.54) is 30.3 Å². The molecule has 0 saturated heterocycles. The van der Waals surface area contributed by atoms with Gasteiger partial charge < -0.3 is 0 Å². The lowest BCUT2D eigenvalue weighted by Gasteiger charge is -1.84. The quantitative estimate of drug-likeness (QED) is 0.620. The first kappa shape index (κ1) is 11.3. The lowest BCUT2D eigenvalue weighted by atomic mass is 10.3. The lowest BCUT2D eigenvalue weighted by molar-refractivity contribution is 0.583. The van der Waals surface area contributed by atoms with Gasteiger partial charge in [-0.2, -0.15) is 0 Å². The van der Waals surface area contributed by atoms with Gasteiger partial charge in [0.1, 0.15) is 17.5 Å². The van der Waals surface area contributed by atoms with Gasteiger partial charge in [-0.3, -0.25) is 0 Å². The molecule has 0 aliphatic carbocycles. The zero-order valence-electron chi connectivity index (χ0n) is 7.83. The smallest absolute Gasteiger partial charge is 0.126 e. The van der Waals surface area contributed by atoms with Crippen molar-refractivity contribution in [3.05, 3.63) is 72.0 Å². The van der Waals surface area contributed by atoms with Crippen molar-refractivity contribution in [2.75, 3.05) is 0 Å². The summed E-state index contributed by atoms with van der Waals surface area (Å²) in [5, 5.41) is 0. The van der Waals surface area contributed by atoms with Crippen molar-refractivity contribution in [3.8, 4) is 0 Å². The summed E-state index contributed by atoms with van der Waals surface area (Å²) in [6.45, 7) is 0. The van der Waals surface area contributed by atoms with Gasteiger partial charge in [0.2, 0.25) is 0 Å². The summed E-state index contributed by atoms with van der Waals surface area (Å²) in [5.74, 6) is -1.25. The molecule has 0 radical (unpaired) electrons. The Balaban J connectivity index is 0.000000151. The molecule has 2 aromatic carbocycles. The zero-order chi connectivity index (χ0) is 11.1. The van der Waals surface area contributed by atoms with Crippen LogP contribution in [0.2, 0.25) is 0 Å². The molecule has 0 N–H and O–H groups in total. The molecule has 15 heavy (non-hydrogen) atoms. The fourth-order valence-corrected chi connectivity index (χ4v) is 0.875. The molecule has 78 valence electrons. The largest absolute Gasteiger partial charge is 0.207 e. The average molecular weight is 210 g/mol. The van der Waals surface area contributed by atoms with Crippen molar-refractivity contribution in [1.29, 1.82) is 0 Å².